The molecular weight excluding hydrogens is 647 g/mol. The van der Waals surface area contributed by atoms with E-state index in [1.54, 1.807) is 0 Å². The lowest BCUT2D eigenvalue weighted by atomic mass is 9.95. The van der Waals surface area contributed by atoms with Gasteiger partial charge in [-0.05, 0) is 84.5 Å². The van der Waals surface area contributed by atoms with Crippen LogP contribution in [0.3, 0.4) is 0 Å². The molecule has 2 heterocycles. The van der Waals surface area contributed by atoms with Crippen LogP contribution in [0.4, 0.5) is 0 Å². The number of nitrogens with zero attached hydrogens (tertiary/aromatic N) is 3. The van der Waals surface area contributed by atoms with E-state index in [0.717, 1.165) is 60.5 Å². The lowest BCUT2D eigenvalue weighted by molar-refractivity contribution is 0.669. The molecule has 4 nitrogen and oxygen atoms in total. The van der Waals surface area contributed by atoms with Gasteiger partial charge in [0.2, 0.25) is 0 Å². The van der Waals surface area contributed by atoms with E-state index >= 15 is 0 Å². The molecule has 0 amide bonds. The molecule has 4 heteroatoms. The van der Waals surface area contributed by atoms with Gasteiger partial charge in [-0.1, -0.05) is 146 Å². The second kappa shape index (κ2) is 11.7. The van der Waals surface area contributed by atoms with Gasteiger partial charge < -0.3 is 4.42 Å². The number of aromatic nitrogens is 3. The SMILES string of the molecule is c1ccc(-c2nc(-c3ccc4c(ccc5c6ccccc6ccc45)c3)nc(-c3cc(-c4ccccc4)c4c(c3)oc3cc5ccccc5cc34)n2)cc1. The zero-order valence-electron chi connectivity index (χ0n) is 28.5. The van der Waals surface area contributed by atoms with Crippen LogP contribution < -0.4 is 0 Å². The first-order valence-electron chi connectivity index (χ1n) is 17.8. The highest BCUT2D eigenvalue weighted by atomic mass is 16.3. The minimum absolute atomic E-state index is 0.587. The van der Waals surface area contributed by atoms with Crippen LogP contribution in [0.15, 0.2) is 180 Å². The zero-order valence-corrected chi connectivity index (χ0v) is 28.5. The molecule has 0 radical (unpaired) electrons. The summed E-state index contributed by atoms with van der Waals surface area (Å²) in [4.78, 5) is 15.4. The van der Waals surface area contributed by atoms with Crippen molar-refractivity contribution < 1.29 is 4.42 Å². The van der Waals surface area contributed by atoms with Crippen molar-refractivity contribution in [1.29, 1.82) is 0 Å². The molecule has 11 rings (SSSR count). The van der Waals surface area contributed by atoms with Crippen molar-refractivity contribution in [3.8, 4) is 45.3 Å². The second-order valence-corrected chi connectivity index (χ2v) is 13.6. The monoisotopic (exact) mass is 675 g/mol. The maximum absolute atomic E-state index is 6.65. The van der Waals surface area contributed by atoms with Crippen LogP contribution in [0.5, 0.6) is 0 Å². The minimum Gasteiger partial charge on any atom is -0.456 e. The van der Waals surface area contributed by atoms with Crippen molar-refractivity contribution in [2.45, 2.75) is 0 Å². The molecule has 0 fully saturated rings. The first-order chi connectivity index (χ1) is 26.2. The fourth-order valence-corrected chi connectivity index (χ4v) is 7.88. The molecule has 11 aromatic rings. The number of benzene rings is 9. The van der Waals surface area contributed by atoms with E-state index in [4.69, 9.17) is 19.4 Å². The average Bonchev–Trinajstić information content (AvgIpc) is 3.59. The van der Waals surface area contributed by atoms with Crippen molar-refractivity contribution in [3.05, 3.63) is 176 Å². The Morgan fingerprint density at radius 2 is 0.868 bits per heavy atom. The minimum atomic E-state index is 0.587. The summed E-state index contributed by atoms with van der Waals surface area (Å²) in [5.41, 5.74) is 6.53. The van der Waals surface area contributed by atoms with Crippen LogP contribution >= 0.6 is 0 Å². The van der Waals surface area contributed by atoms with Gasteiger partial charge in [-0.15, -0.1) is 0 Å². The summed E-state index contributed by atoms with van der Waals surface area (Å²) in [7, 11) is 0. The average molecular weight is 676 g/mol. The Labute approximate surface area is 304 Å². The fraction of sp³-hybridized carbons (Fsp3) is 0. The smallest absolute Gasteiger partial charge is 0.164 e. The maximum Gasteiger partial charge on any atom is 0.164 e. The third-order valence-electron chi connectivity index (χ3n) is 10.4. The van der Waals surface area contributed by atoms with Gasteiger partial charge in [0.15, 0.2) is 17.5 Å². The summed E-state index contributed by atoms with van der Waals surface area (Å²) in [6.07, 6.45) is 0. The van der Waals surface area contributed by atoms with E-state index in [1.165, 1.54) is 32.3 Å². The molecule has 0 spiro atoms. The van der Waals surface area contributed by atoms with Crippen LogP contribution in [0.2, 0.25) is 0 Å². The molecule has 246 valence electrons. The molecule has 0 saturated heterocycles. The highest BCUT2D eigenvalue weighted by Crippen LogP contribution is 2.41. The van der Waals surface area contributed by atoms with E-state index in [2.05, 4.69) is 140 Å². The second-order valence-electron chi connectivity index (χ2n) is 13.6. The molecule has 0 unspecified atom stereocenters. The lowest BCUT2D eigenvalue weighted by Gasteiger charge is -2.12. The molecule has 0 atom stereocenters. The van der Waals surface area contributed by atoms with E-state index in [1.807, 2.05) is 36.4 Å². The normalized spacial score (nSPS) is 11.8. The quantitative estimate of drug-likeness (QED) is 0.174. The van der Waals surface area contributed by atoms with E-state index < -0.39 is 0 Å². The van der Waals surface area contributed by atoms with Gasteiger partial charge in [0.25, 0.3) is 0 Å². The predicted octanol–water partition coefficient (Wildman–Crippen LogP) is 13.1. The van der Waals surface area contributed by atoms with Crippen molar-refractivity contribution in [3.63, 3.8) is 0 Å². The summed E-state index contributed by atoms with van der Waals surface area (Å²) in [5, 5.41) is 11.8. The summed E-state index contributed by atoms with van der Waals surface area (Å²) >= 11 is 0. The van der Waals surface area contributed by atoms with Crippen LogP contribution in [-0.4, -0.2) is 15.0 Å². The number of hydrogen-bond acceptors (Lipinski definition) is 4. The summed E-state index contributed by atoms with van der Waals surface area (Å²) < 4.78 is 6.65. The Balaban J connectivity index is 1.13. The Kier molecular flexibility index (Phi) is 6.52. The van der Waals surface area contributed by atoms with Crippen molar-refractivity contribution >= 4 is 65.0 Å². The standard InChI is InChI=1S/C49H29N3O/c1-3-11-30(12-4-1)42-27-37(29-45-46(42)43-26-33-16-7-8-17-34(33)28-44(43)53-45)49-51-47(32-14-5-2-6-15-32)50-48(52-49)36-21-22-39-35(25-36)20-24-40-38-18-10-9-13-31(38)19-23-41(39)40/h1-29H. The topological polar surface area (TPSA) is 51.8 Å². The van der Waals surface area contributed by atoms with Gasteiger partial charge in [-0.3, -0.25) is 0 Å². The molecular formula is C49H29N3O. The van der Waals surface area contributed by atoms with Crippen LogP contribution in [0.1, 0.15) is 0 Å². The summed E-state index contributed by atoms with van der Waals surface area (Å²) in [6, 6.07) is 61.7. The third-order valence-corrected chi connectivity index (χ3v) is 10.4. The molecule has 0 bridgehead atoms. The van der Waals surface area contributed by atoms with Gasteiger partial charge in [-0.25, -0.2) is 15.0 Å². The van der Waals surface area contributed by atoms with Gasteiger partial charge in [0, 0.05) is 27.5 Å². The molecule has 2 aromatic heterocycles. The van der Waals surface area contributed by atoms with Gasteiger partial charge in [-0.2, -0.15) is 0 Å². The number of rotatable bonds is 4. The lowest BCUT2D eigenvalue weighted by Crippen LogP contribution is -2.00. The molecule has 0 N–H and O–H groups in total. The van der Waals surface area contributed by atoms with Crippen molar-refractivity contribution in [2.24, 2.45) is 0 Å². The first kappa shape index (κ1) is 29.5. The van der Waals surface area contributed by atoms with Gasteiger partial charge >= 0.3 is 0 Å². The maximum atomic E-state index is 6.65. The van der Waals surface area contributed by atoms with Crippen molar-refractivity contribution in [1.82, 2.24) is 15.0 Å². The highest BCUT2D eigenvalue weighted by Gasteiger charge is 2.19. The third kappa shape index (κ3) is 4.88. The van der Waals surface area contributed by atoms with Gasteiger partial charge in [0.05, 0.1) is 0 Å². The molecule has 0 saturated carbocycles. The van der Waals surface area contributed by atoms with E-state index in [9.17, 15) is 0 Å². The number of fused-ring (bicyclic) bond motifs is 9. The van der Waals surface area contributed by atoms with Crippen LogP contribution in [0, 0.1) is 0 Å². The molecule has 0 aliphatic heterocycles. The Bertz CT molecular complexity index is 3220. The Morgan fingerprint density at radius 1 is 0.302 bits per heavy atom. The fourth-order valence-electron chi connectivity index (χ4n) is 7.88. The van der Waals surface area contributed by atoms with Gasteiger partial charge in [0.1, 0.15) is 11.2 Å². The number of hydrogen-bond donors (Lipinski definition) is 0. The Hall–Kier alpha value is -7.17. The summed E-state index contributed by atoms with van der Waals surface area (Å²) in [5.74, 6) is 1.82. The summed E-state index contributed by atoms with van der Waals surface area (Å²) in [6.45, 7) is 0. The molecule has 53 heavy (non-hydrogen) atoms. The molecule has 9 aromatic carbocycles. The van der Waals surface area contributed by atoms with Crippen molar-refractivity contribution in [2.75, 3.05) is 0 Å². The van der Waals surface area contributed by atoms with E-state index in [0.29, 0.717) is 17.5 Å². The highest BCUT2D eigenvalue weighted by molar-refractivity contribution is 6.18. The Morgan fingerprint density at radius 3 is 1.62 bits per heavy atom. The van der Waals surface area contributed by atoms with E-state index in [-0.39, 0.29) is 0 Å². The number of furan rings is 1. The predicted molar refractivity (Wildman–Crippen MR) is 219 cm³/mol. The van der Waals surface area contributed by atoms with Crippen LogP contribution in [-0.2, 0) is 0 Å². The van der Waals surface area contributed by atoms with Crippen LogP contribution in [0.25, 0.3) is 110 Å². The largest absolute Gasteiger partial charge is 0.456 e. The first-order valence-corrected chi connectivity index (χ1v) is 17.8. The zero-order chi connectivity index (χ0) is 34.9. The molecule has 0 aliphatic rings. The molecule has 0 aliphatic carbocycles.